The summed E-state index contributed by atoms with van der Waals surface area (Å²) in [5.74, 6) is 0. The first kappa shape index (κ1) is 30.6. The molecule has 0 unspecified atom stereocenters. The number of rotatable bonds is 7. The van der Waals surface area contributed by atoms with Gasteiger partial charge in [0, 0.05) is 43.8 Å². The van der Waals surface area contributed by atoms with Crippen LogP contribution in [-0.4, -0.2) is 15.3 Å². The molecule has 0 aliphatic heterocycles. The highest BCUT2D eigenvalue weighted by atomic mass is 15.3. The molecular formula is C49H34N4. The summed E-state index contributed by atoms with van der Waals surface area (Å²) in [6, 6.07) is 64.6. The van der Waals surface area contributed by atoms with Gasteiger partial charge in [0.05, 0.1) is 22.4 Å². The van der Waals surface area contributed by atoms with E-state index in [1.165, 1.54) is 54.6 Å². The van der Waals surface area contributed by atoms with E-state index < -0.39 is 0 Å². The van der Waals surface area contributed by atoms with E-state index in [9.17, 15) is 0 Å². The first-order valence-corrected chi connectivity index (χ1v) is 18.0. The molecule has 0 spiro atoms. The molecule has 53 heavy (non-hydrogen) atoms. The predicted octanol–water partition coefficient (Wildman–Crippen LogP) is 12.8. The van der Waals surface area contributed by atoms with Gasteiger partial charge in [-0.2, -0.15) is 5.10 Å². The molecule has 0 amide bonds. The van der Waals surface area contributed by atoms with Crippen molar-refractivity contribution in [2.24, 2.45) is 5.10 Å². The van der Waals surface area contributed by atoms with Crippen molar-refractivity contribution in [3.05, 3.63) is 199 Å². The fourth-order valence-corrected chi connectivity index (χ4v) is 7.56. The Balaban J connectivity index is 1.04. The highest BCUT2D eigenvalue weighted by molar-refractivity contribution is 6.14. The van der Waals surface area contributed by atoms with Crippen LogP contribution >= 0.6 is 0 Å². The second-order valence-corrected chi connectivity index (χ2v) is 13.5. The molecule has 10 aromatic rings. The van der Waals surface area contributed by atoms with Gasteiger partial charge in [0.15, 0.2) is 0 Å². The summed E-state index contributed by atoms with van der Waals surface area (Å²) in [6.45, 7) is 0. The Labute approximate surface area is 307 Å². The van der Waals surface area contributed by atoms with E-state index in [-0.39, 0.29) is 0 Å². The minimum atomic E-state index is 0.853. The lowest BCUT2D eigenvalue weighted by atomic mass is 10.0. The third-order valence-corrected chi connectivity index (χ3v) is 10.2. The summed E-state index contributed by atoms with van der Waals surface area (Å²) in [5.41, 5.74) is 15.5. The van der Waals surface area contributed by atoms with Gasteiger partial charge in [0.1, 0.15) is 0 Å². The topological polar surface area (TPSA) is 45.1 Å². The van der Waals surface area contributed by atoms with Crippen molar-refractivity contribution in [3.63, 3.8) is 0 Å². The average molecular weight is 679 g/mol. The van der Waals surface area contributed by atoms with E-state index in [1.807, 2.05) is 48.5 Å². The zero-order valence-corrected chi connectivity index (χ0v) is 28.9. The maximum Gasteiger partial charge on any atom is 0.0906 e. The normalized spacial score (nSPS) is 12.2. The number of benzene rings is 8. The number of aromatic nitrogens is 2. The molecule has 0 saturated carbocycles. The number of hydrogen-bond acceptors (Lipinski definition) is 2. The van der Waals surface area contributed by atoms with Gasteiger partial charge in [0.2, 0.25) is 0 Å². The van der Waals surface area contributed by atoms with Gasteiger partial charge in [-0.25, -0.2) is 0 Å². The van der Waals surface area contributed by atoms with Gasteiger partial charge < -0.3 is 9.55 Å². The number of nitrogens with zero attached hydrogens (tertiary/aromatic N) is 2. The van der Waals surface area contributed by atoms with Crippen LogP contribution in [0.2, 0.25) is 0 Å². The van der Waals surface area contributed by atoms with Crippen LogP contribution in [0.25, 0.3) is 77.3 Å². The molecule has 4 heteroatoms. The van der Waals surface area contributed by atoms with Gasteiger partial charge in [0.25, 0.3) is 0 Å². The lowest BCUT2D eigenvalue weighted by Gasteiger charge is -2.11. The van der Waals surface area contributed by atoms with Crippen LogP contribution in [0.3, 0.4) is 0 Å². The van der Waals surface area contributed by atoms with Crippen molar-refractivity contribution in [1.29, 1.82) is 0 Å². The first-order valence-electron chi connectivity index (χ1n) is 18.0. The van der Waals surface area contributed by atoms with Crippen molar-refractivity contribution in [2.45, 2.75) is 0 Å². The molecule has 4 nitrogen and oxygen atoms in total. The summed E-state index contributed by atoms with van der Waals surface area (Å²) >= 11 is 0. The van der Waals surface area contributed by atoms with Crippen molar-refractivity contribution in [3.8, 4) is 16.8 Å². The molecule has 0 aliphatic carbocycles. The molecular weight excluding hydrogens is 645 g/mol. The standard InChI is InChI=1S/C49H34N4/c1-3-11-33(12-4-1)19-26-45(52-51-39-13-5-2-6-14-39)38-21-20-35-30-40(25-22-34(35)29-38)53-48-18-10-8-16-42(48)44-32-37(24-28-49(44)53)36-23-27-47-43(31-36)41-15-7-9-17-46(41)50-47/h1-32,50-51H/b26-19+,52-45+. The van der Waals surface area contributed by atoms with Crippen LogP contribution < -0.4 is 5.43 Å². The van der Waals surface area contributed by atoms with E-state index in [0.29, 0.717) is 0 Å². The second-order valence-electron chi connectivity index (χ2n) is 13.5. The maximum absolute atomic E-state index is 4.84. The number of anilines is 1. The van der Waals surface area contributed by atoms with Crippen molar-refractivity contribution in [1.82, 2.24) is 9.55 Å². The molecule has 0 saturated heterocycles. The van der Waals surface area contributed by atoms with Gasteiger partial charge in [-0.15, -0.1) is 0 Å². The molecule has 2 N–H and O–H groups in total. The number of hydrazone groups is 1. The number of nitrogens with one attached hydrogen (secondary N) is 2. The lowest BCUT2D eigenvalue weighted by Crippen LogP contribution is -2.02. The van der Waals surface area contributed by atoms with E-state index in [1.54, 1.807) is 0 Å². The molecule has 2 heterocycles. The number of para-hydroxylation sites is 3. The molecule has 0 atom stereocenters. The summed E-state index contributed by atoms with van der Waals surface area (Å²) in [7, 11) is 0. The largest absolute Gasteiger partial charge is 0.355 e. The van der Waals surface area contributed by atoms with E-state index in [4.69, 9.17) is 5.10 Å². The number of fused-ring (bicyclic) bond motifs is 7. The highest BCUT2D eigenvalue weighted by Crippen LogP contribution is 2.37. The molecule has 8 aromatic carbocycles. The summed E-state index contributed by atoms with van der Waals surface area (Å²) in [4.78, 5) is 3.56. The lowest BCUT2D eigenvalue weighted by molar-refractivity contribution is 1.19. The van der Waals surface area contributed by atoms with Gasteiger partial charge in [-0.1, -0.05) is 121 Å². The third kappa shape index (κ3) is 5.63. The predicted molar refractivity (Wildman–Crippen MR) is 225 cm³/mol. The monoisotopic (exact) mass is 678 g/mol. The van der Waals surface area contributed by atoms with E-state index >= 15 is 0 Å². The average Bonchev–Trinajstić information content (AvgIpc) is 3.76. The quantitative estimate of drug-likeness (QED) is 0.128. The van der Waals surface area contributed by atoms with Crippen molar-refractivity contribution < 1.29 is 0 Å². The van der Waals surface area contributed by atoms with Crippen molar-refractivity contribution in [2.75, 3.05) is 5.43 Å². The van der Waals surface area contributed by atoms with Crippen LogP contribution in [0.15, 0.2) is 193 Å². The number of allylic oxidation sites excluding steroid dienone is 1. The Bertz CT molecular complexity index is 3020. The first-order chi connectivity index (χ1) is 26.2. The minimum absolute atomic E-state index is 0.853. The van der Waals surface area contributed by atoms with Crippen LogP contribution in [0.4, 0.5) is 5.69 Å². The number of aromatic amines is 1. The summed E-state index contributed by atoms with van der Waals surface area (Å²) < 4.78 is 2.39. The van der Waals surface area contributed by atoms with Crippen LogP contribution in [-0.2, 0) is 0 Å². The van der Waals surface area contributed by atoms with Crippen molar-refractivity contribution >= 4 is 71.9 Å². The SMILES string of the molecule is C(=C\c1ccccc1)/C(=N\Nc1ccccc1)c1ccc2cc(-n3c4ccccc4c4cc(-c5ccc6[nH]c7ccccc7c6c5)ccc43)ccc2c1. The molecule has 2 aromatic heterocycles. The minimum Gasteiger partial charge on any atom is -0.355 e. The summed E-state index contributed by atoms with van der Waals surface area (Å²) in [6.07, 6.45) is 4.18. The van der Waals surface area contributed by atoms with E-state index in [0.717, 1.165) is 39.1 Å². The smallest absolute Gasteiger partial charge is 0.0906 e. The van der Waals surface area contributed by atoms with Gasteiger partial charge in [-0.05, 0) is 100 Å². The van der Waals surface area contributed by atoms with Crippen LogP contribution in [0.5, 0.6) is 0 Å². The number of hydrogen-bond donors (Lipinski definition) is 2. The Morgan fingerprint density at radius 3 is 2.04 bits per heavy atom. The van der Waals surface area contributed by atoms with Crippen LogP contribution in [0.1, 0.15) is 11.1 Å². The van der Waals surface area contributed by atoms with Gasteiger partial charge in [-0.3, -0.25) is 5.43 Å². The zero-order chi connectivity index (χ0) is 35.1. The fraction of sp³-hybridized carbons (Fsp3) is 0. The maximum atomic E-state index is 4.84. The Morgan fingerprint density at radius 2 is 1.17 bits per heavy atom. The summed E-state index contributed by atoms with van der Waals surface area (Å²) in [5, 5.41) is 12.1. The fourth-order valence-electron chi connectivity index (χ4n) is 7.56. The second kappa shape index (κ2) is 12.9. The molecule has 0 aliphatic rings. The van der Waals surface area contributed by atoms with E-state index in [2.05, 4.69) is 161 Å². The zero-order valence-electron chi connectivity index (χ0n) is 28.9. The Kier molecular flexibility index (Phi) is 7.43. The molecule has 0 bridgehead atoms. The Morgan fingerprint density at radius 1 is 0.509 bits per heavy atom. The van der Waals surface area contributed by atoms with Gasteiger partial charge >= 0.3 is 0 Å². The van der Waals surface area contributed by atoms with Crippen LogP contribution in [0, 0.1) is 0 Å². The molecule has 10 rings (SSSR count). The third-order valence-electron chi connectivity index (χ3n) is 10.2. The highest BCUT2D eigenvalue weighted by Gasteiger charge is 2.15. The molecule has 0 radical (unpaired) electrons. The Hall–Kier alpha value is -7.17. The number of H-pyrrole nitrogens is 1. The molecule has 0 fully saturated rings. The molecule has 250 valence electrons.